The molecule has 116 valence electrons. The van der Waals surface area contributed by atoms with Gasteiger partial charge in [0.2, 0.25) is 15.0 Å². The molecule has 0 saturated carbocycles. The molecule has 1 aliphatic heterocycles. The molecule has 1 aliphatic rings. The lowest BCUT2D eigenvalue weighted by molar-refractivity contribution is -0.117. The topological polar surface area (TPSA) is 54.5 Å². The second kappa shape index (κ2) is 7.03. The molecule has 7 heteroatoms. The first kappa shape index (κ1) is 16.6. The summed E-state index contributed by atoms with van der Waals surface area (Å²) >= 11 is 1.80. The van der Waals surface area contributed by atoms with E-state index in [0.29, 0.717) is 6.54 Å². The summed E-state index contributed by atoms with van der Waals surface area (Å²) in [6.45, 7) is 0.412. The largest absolute Gasteiger partial charge is 0.312 e. The van der Waals surface area contributed by atoms with Crippen LogP contribution in [0.3, 0.4) is 0 Å². The van der Waals surface area contributed by atoms with Crippen LogP contribution in [0.1, 0.15) is 12.0 Å². The van der Waals surface area contributed by atoms with E-state index in [1.807, 2.05) is 24.3 Å². The van der Waals surface area contributed by atoms with Crippen molar-refractivity contribution in [2.24, 2.45) is 5.92 Å². The van der Waals surface area contributed by atoms with Gasteiger partial charge in [0, 0.05) is 35.3 Å². The molecule has 0 N–H and O–H groups in total. The van der Waals surface area contributed by atoms with Gasteiger partial charge in [0.15, 0.2) is 0 Å². The molecule has 0 spiro atoms. The fourth-order valence-corrected chi connectivity index (χ4v) is 4.25. The first-order valence-electron chi connectivity index (χ1n) is 6.69. The maximum atomic E-state index is 12.0. The molecular formula is C14H18ClNO3S2. The van der Waals surface area contributed by atoms with Gasteiger partial charge in [-0.3, -0.25) is 4.79 Å². The van der Waals surface area contributed by atoms with Gasteiger partial charge in [0.1, 0.15) is 0 Å². The van der Waals surface area contributed by atoms with E-state index in [1.165, 1.54) is 5.56 Å². The van der Waals surface area contributed by atoms with Crippen molar-refractivity contribution in [3.8, 4) is 0 Å². The molecule has 0 bridgehead atoms. The van der Waals surface area contributed by atoms with Gasteiger partial charge in [-0.25, -0.2) is 8.42 Å². The molecule has 0 aromatic heterocycles. The van der Waals surface area contributed by atoms with Gasteiger partial charge >= 0.3 is 0 Å². The van der Waals surface area contributed by atoms with Crippen molar-refractivity contribution in [3.63, 3.8) is 0 Å². The Morgan fingerprint density at radius 1 is 1.33 bits per heavy atom. The maximum absolute atomic E-state index is 12.0. The first-order valence-corrected chi connectivity index (χ1v) is 10.6. The molecule has 1 fully saturated rings. The van der Waals surface area contributed by atoms with Crippen LogP contribution in [0.4, 0.5) is 5.69 Å². The highest BCUT2D eigenvalue weighted by Crippen LogP contribution is 2.27. The van der Waals surface area contributed by atoms with Crippen LogP contribution in [0.15, 0.2) is 24.3 Å². The molecule has 1 aromatic carbocycles. The molecular weight excluding hydrogens is 330 g/mol. The van der Waals surface area contributed by atoms with Crippen LogP contribution >= 0.6 is 22.4 Å². The number of hydrogen-bond acceptors (Lipinski definition) is 4. The third-order valence-electron chi connectivity index (χ3n) is 3.48. The molecule has 1 amide bonds. The van der Waals surface area contributed by atoms with Gasteiger partial charge < -0.3 is 4.90 Å². The Morgan fingerprint density at radius 2 is 2.00 bits per heavy atom. The predicted octanol–water partition coefficient (Wildman–Crippen LogP) is 2.51. The van der Waals surface area contributed by atoms with Gasteiger partial charge in [-0.15, -0.1) is 0 Å². The lowest BCUT2D eigenvalue weighted by Crippen LogP contribution is -2.25. The Hall–Kier alpha value is -0.720. The number of halogens is 1. The molecule has 21 heavy (non-hydrogen) atoms. The van der Waals surface area contributed by atoms with E-state index in [1.54, 1.807) is 16.7 Å². The van der Waals surface area contributed by atoms with Crippen LogP contribution in [0.5, 0.6) is 0 Å². The number of carbonyl (C=O) groups excluding carboxylic acids is 1. The molecule has 1 atom stereocenters. The average Bonchev–Trinajstić information content (AvgIpc) is 2.75. The molecule has 1 unspecified atom stereocenters. The molecule has 1 saturated heterocycles. The van der Waals surface area contributed by atoms with Gasteiger partial charge in [-0.05, 0) is 36.1 Å². The second-order valence-electron chi connectivity index (χ2n) is 5.19. The van der Waals surface area contributed by atoms with Crippen molar-refractivity contribution in [2.45, 2.75) is 12.8 Å². The van der Waals surface area contributed by atoms with Crippen molar-refractivity contribution >= 4 is 43.1 Å². The van der Waals surface area contributed by atoms with Gasteiger partial charge in [-0.2, -0.15) is 11.8 Å². The van der Waals surface area contributed by atoms with Crippen molar-refractivity contribution in [1.82, 2.24) is 0 Å². The Kier molecular flexibility index (Phi) is 5.57. The van der Waals surface area contributed by atoms with Crippen LogP contribution < -0.4 is 4.90 Å². The molecule has 0 aliphatic carbocycles. The summed E-state index contributed by atoms with van der Waals surface area (Å²) in [6, 6.07) is 7.88. The van der Waals surface area contributed by atoms with E-state index in [9.17, 15) is 13.2 Å². The van der Waals surface area contributed by atoms with Gasteiger partial charge in [-0.1, -0.05) is 12.1 Å². The number of carbonyl (C=O) groups is 1. The zero-order valence-electron chi connectivity index (χ0n) is 11.8. The zero-order valence-corrected chi connectivity index (χ0v) is 14.2. The van der Waals surface area contributed by atoms with Crippen LogP contribution in [-0.4, -0.2) is 38.6 Å². The van der Waals surface area contributed by atoms with Crippen molar-refractivity contribution < 1.29 is 13.2 Å². The fourth-order valence-electron chi connectivity index (χ4n) is 2.49. The first-order chi connectivity index (χ1) is 9.89. The lowest BCUT2D eigenvalue weighted by Gasteiger charge is -2.17. The SMILES string of the molecule is CSCCc1ccc(N2CC(CS(=O)(=O)Cl)CC2=O)cc1. The number of nitrogens with zero attached hydrogens (tertiary/aromatic N) is 1. The summed E-state index contributed by atoms with van der Waals surface area (Å²) < 4.78 is 22.2. The van der Waals surface area contributed by atoms with Gasteiger partial charge in [0.25, 0.3) is 0 Å². The van der Waals surface area contributed by atoms with E-state index < -0.39 is 9.05 Å². The highest BCUT2D eigenvalue weighted by Gasteiger charge is 2.33. The summed E-state index contributed by atoms with van der Waals surface area (Å²) in [6.07, 6.45) is 3.31. The number of aryl methyl sites for hydroxylation is 1. The van der Waals surface area contributed by atoms with Crippen LogP contribution in [-0.2, 0) is 20.3 Å². The van der Waals surface area contributed by atoms with Crippen molar-refractivity contribution in [2.75, 3.05) is 29.2 Å². The maximum Gasteiger partial charge on any atom is 0.232 e. The van der Waals surface area contributed by atoms with E-state index in [-0.39, 0.29) is 24.0 Å². The summed E-state index contributed by atoms with van der Waals surface area (Å²) in [5.74, 6) is 0.647. The van der Waals surface area contributed by atoms with Crippen LogP contribution in [0.25, 0.3) is 0 Å². The summed E-state index contributed by atoms with van der Waals surface area (Å²) in [7, 11) is 1.70. The molecule has 1 aromatic rings. The molecule has 0 radical (unpaired) electrons. The normalized spacial score (nSPS) is 19.2. The third kappa shape index (κ3) is 4.90. The smallest absolute Gasteiger partial charge is 0.232 e. The molecule has 1 heterocycles. The quantitative estimate of drug-likeness (QED) is 0.742. The minimum Gasteiger partial charge on any atom is -0.312 e. The average molecular weight is 348 g/mol. The van der Waals surface area contributed by atoms with Crippen molar-refractivity contribution in [1.29, 1.82) is 0 Å². The predicted molar refractivity (Wildman–Crippen MR) is 88.6 cm³/mol. The Labute approximate surface area is 134 Å². The monoisotopic (exact) mass is 347 g/mol. The van der Waals surface area contributed by atoms with E-state index in [2.05, 4.69) is 6.26 Å². The second-order valence-corrected chi connectivity index (χ2v) is 9.00. The number of benzene rings is 1. The molecule has 4 nitrogen and oxygen atoms in total. The standard InChI is InChI=1S/C14H18ClNO3S2/c1-20-7-6-11-2-4-13(5-3-11)16-9-12(8-14(16)17)10-21(15,18)19/h2-5,12H,6-10H2,1H3. The Morgan fingerprint density at radius 3 is 2.57 bits per heavy atom. The Balaban J connectivity index is 2.03. The minimum atomic E-state index is -3.56. The summed E-state index contributed by atoms with van der Waals surface area (Å²) in [4.78, 5) is 13.7. The van der Waals surface area contributed by atoms with Crippen LogP contribution in [0.2, 0.25) is 0 Å². The zero-order chi connectivity index (χ0) is 15.5. The number of anilines is 1. The van der Waals surface area contributed by atoms with E-state index >= 15 is 0 Å². The summed E-state index contributed by atoms with van der Waals surface area (Å²) in [5, 5.41) is 0. The van der Waals surface area contributed by atoms with Crippen molar-refractivity contribution in [3.05, 3.63) is 29.8 Å². The highest BCUT2D eigenvalue weighted by molar-refractivity contribution is 8.13. The number of amides is 1. The summed E-state index contributed by atoms with van der Waals surface area (Å²) in [5.41, 5.74) is 2.06. The third-order valence-corrected chi connectivity index (χ3v) is 5.34. The van der Waals surface area contributed by atoms with Crippen LogP contribution in [0, 0.1) is 5.92 Å². The lowest BCUT2D eigenvalue weighted by atomic mass is 10.1. The van der Waals surface area contributed by atoms with E-state index in [0.717, 1.165) is 17.9 Å². The van der Waals surface area contributed by atoms with Gasteiger partial charge in [0.05, 0.1) is 5.75 Å². The number of thioether (sulfide) groups is 1. The number of rotatable bonds is 6. The Bertz CT molecular complexity index is 601. The highest BCUT2D eigenvalue weighted by atomic mass is 35.7. The molecule has 2 rings (SSSR count). The minimum absolute atomic E-state index is 0.0443. The van der Waals surface area contributed by atoms with E-state index in [4.69, 9.17) is 10.7 Å². The number of hydrogen-bond donors (Lipinski definition) is 0. The fraction of sp³-hybridized carbons (Fsp3) is 0.500.